The Morgan fingerprint density at radius 2 is 1.94 bits per heavy atom. The monoisotopic (exact) mass is 469 g/mol. The van der Waals surface area contributed by atoms with Crippen LogP contribution in [0, 0.1) is 11.7 Å². The summed E-state index contributed by atoms with van der Waals surface area (Å²) in [5.41, 5.74) is 2.45. The van der Waals surface area contributed by atoms with Crippen LogP contribution in [-0.2, 0) is 16.0 Å². The van der Waals surface area contributed by atoms with Gasteiger partial charge >= 0.3 is 0 Å². The van der Waals surface area contributed by atoms with Gasteiger partial charge < -0.3 is 19.7 Å². The molecule has 2 heterocycles. The Morgan fingerprint density at radius 3 is 2.67 bits per heavy atom. The van der Waals surface area contributed by atoms with Gasteiger partial charge in [0.15, 0.2) is 16.6 Å². The highest BCUT2D eigenvalue weighted by Gasteiger charge is 2.34. The highest BCUT2D eigenvalue weighted by molar-refractivity contribution is 7.14. The maximum Gasteiger partial charge on any atom is 0.231 e. The van der Waals surface area contributed by atoms with Crippen LogP contribution >= 0.6 is 11.3 Å². The summed E-state index contributed by atoms with van der Waals surface area (Å²) in [4.78, 5) is 31.3. The summed E-state index contributed by atoms with van der Waals surface area (Å²) in [5.74, 6) is 0.285. The zero-order chi connectivity index (χ0) is 23.4. The second-order valence-corrected chi connectivity index (χ2v) is 8.57. The summed E-state index contributed by atoms with van der Waals surface area (Å²) in [6, 6.07) is 11.7. The van der Waals surface area contributed by atoms with E-state index in [0.29, 0.717) is 41.8 Å². The Hall–Kier alpha value is -3.46. The minimum atomic E-state index is -0.430. The maximum atomic E-state index is 13.1. The standard InChI is InChI=1S/C24H24FN3O4S/c1-31-20-8-3-15(11-21(20)32-2)9-10-28-13-17(12-22(28)29)23(30)27-24-26-19(14-33-24)16-4-6-18(25)7-5-16/h3-8,11,14,17H,9-10,12-13H2,1-2H3,(H,26,27,30). The first-order valence-corrected chi connectivity index (χ1v) is 11.4. The van der Waals surface area contributed by atoms with Gasteiger partial charge in [-0.05, 0) is 48.4 Å². The van der Waals surface area contributed by atoms with Crippen LogP contribution in [0.25, 0.3) is 11.3 Å². The Bertz CT molecular complexity index is 1150. The van der Waals surface area contributed by atoms with Gasteiger partial charge in [-0.25, -0.2) is 9.37 Å². The van der Waals surface area contributed by atoms with Gasteiger partial charge in [0.05, 0.1) is 25.8 Å². The van der Waals surface area contributed by atoms with Crippen molar-refractivity contribution in [2.75, 3.05) is 32.6 Å². The molecule has 1 aromatic heterocycles. The first kappa shape index (κ1) is 22.7. The number of amides is 2. The fourth-order valence-electron chi connectivity index (χ4n) is 3.76. The van der Waals surface area contributed by atoms with Crippen LogP contribution in [0.15, 0.2) is 47.8 Å². The van der Waals surface area contributed by atoms with E-state index in [9.17, 15) is 14.0 Å². The minimum absolute atomic E-state index is 0.0400. The van der Waals surface area contributed by atoms with E-state index >= 15 is 0 Å². The normalized spacial score (nSPS) is 15.5. The third-order valence-corrected chi connectivity index (χ3v) is 6.34. The predicted octanol–water partition coefficient (Wildman–Crippen LogP) is 4.00. The van der Waals surface area contributed by atoms with Crippen molar-refractivity contribution < 1.29 is 23.5 Å². The molecule has 0 bridgehead atoms. The summed E-state index contributed by atoms with van der Waals surface area (Å²) in [5, 5.41) is 5.07. The lowest BCUT2D eigenvalue weighted by Gasteiger charge is -2.17. The number of halogens is 1. The maximum absolute atomic E-state index is 13.1. The number of carbonyl (C=O) groups excluding carboxylic acids is 2. The highest BCUT2D eigenvalue weighted by atomic mass is 32.1. The van der Waals surface area contributed by atoms with Crippen LogP contribution in [-0.4, -0.2) is 49.0 Å². The zero-order valence-electron chi connectivity index (χ0n) is 18.3. The number of ether oxygens (including phenoxy) is 2. The number of aromatic nitrogens is 1. The molecule has 1 N–H and O–H groups in total. The number of hydrogen-bond acceptors (Lipinski definition) is 6. The largest absolute Gasteiger partial charge is 0.493 e. The highest BCUT2D eigenvalue weighted by Crippen LogP contribution is 2.29. The minimum Gasteiger partial charge on any atom is -0.493 e. The molecule has 0 spiro atoms. The molecule has 1 unspecified atom stereocenters. The molecule has 3 aromatic rings. The van der Waals surface area contributed by atoms with E-state index in [4.69, 9.17) is 9.47 Å². The number of benzene rings is 2. The van der Waals surface area contributed by atoms with Crippen molar-refractivity contribution in [1.29, 1.82) is 0 Å². The van der Waals surface area contributed by atoms with Gasteiger partial charge in [0.2, 0.25) is 11.8 Å². The predicted molar refractivity (Wildman–Crippen MR) is 124 cm³/mol. The van der Waals surface area contributed by atoms with Gasteiger partial charge in [-0.1, -0.05) is 6.07 Å². The van der Waals surface area contributed by atoms with Crippen molar-refractivity contribution in [3.63, 3.8) is 0 Å². The van der Waals surface area contributed by atoms with Gasteiger partial charge in [-0.3, -0.25) is 9.59 Å². The number of methoxy groups -OCH3 is 2. The van der Waals surface area contributed by atoms with Gasteiger partial charge in [0, 0.05) is 30.5 Å². The summed E-state index contributed by atoms with van der Waals surface area (Å²) < 4.78 is 23.7. The third-order valence-electron chi connectivity index (χ3n) is 5.58. The number of hydrogen-bond donors (Lipinski definition) is 1. The van der Waals surface area contributed by atoms with Gasteiger partial charge in [0.1, 0.15) is 5.82 Å². The van der Waals surface area contributed by atoms with E-state index < -0.39 is 5.92 Å². The molecule has 4 rings (SSSR count). The van der Waals surface area contributed by atoms with Crippen LogP contribution in [0.2, 0.25) is 0 Å². The third kappa shape index (κ3) is 5.31. The summed E-state index contributed by atoms with van der Waals surface area (Å²) >= 11 is 1.29. The quantitative estimate of drug-likeness (QED) is 0.540. The molecule has 1 atom stereocenters. The fourth-order valence-corrected chi connectivity index (χ4v) is 4.48. The van der Waals surface area contributed by atoms with E-state index in [1.165, 1.54) is 23.5 Å². The lowest BCUT2D eigenvalue weighted by molar-refractivity contribution is -0.128. The smallest absolute Gasteiger partial charge is 0.231 e. The van der Waals surface area contributed by atoms with Crippen LogP contribution in [0.4, 0.5) is 9.52 Å². The topological polar surface area (TPSA) is 80.8 Å². The molecule has 9 heteroatoms. The van der Waals surface area contributed by atoms with E-state index in [-0.39, 0.29) is 24.1 Å². The second-order valence-electron chi connectivity index (χ2n) is 7.71. The molecule has 0 aliphatic carbocycles. The number of nitrogens with zero attached hydrogens (tertiary/aromatic N) is 2. The van der Waals surface area contributed by atoms with Crippen molar-refractivity contribution in [2.45, 2.75) is 12.8 Å². The Balaban J connectivity index is 1.32. The molecule has 1 aliphatic rings. The molecule has 0 radical (unpaired) electrons. The van der Waals surface area contributed by atoms with E-state index in [0.717, 1.165) is 11.1 Å². The number of likely N-dealkylation sites (tertiary alicyclic amines) is 1. The van der Waals surface area contributed by atoms with Crippen LogP contribution in [0.5, 0.6) is 11.5 Å². The zero-order valence-corrected chi connectivity index (χ0v) is 19.2. The van der Waals surface area contributed by atoms with Gasteiger partial charge in [-0.15, -0.1) is 11.3 Å². The molecule has 172 valence electrons. The molecule has 2 aromatic carbocycles. The van der Waals surface area contributed by atoms with E-state index in [1.54, 1.807) is 36.6 Å². The SMILES string of the molecule is COc1ccc(CCN2CC(C(=O)Nc3nc(-c4ccc(F)cc4)cs3)CC2=O)cc1OC. The summed E-state index contributed by atoms with van der Waals surface area (Å²) in [6.07, 6.45) is 0.821. The summed E-state index contributed by atoms with van der Waals surface area (Å²) in [6.45, 7) is 0.887. The first-order valence-electron chi connectivity index (χ1n) is 10.5. The average Bonchev–Trinajstić information content (AvgIpc) is 3.44. The molecular weight excluding hydrogens is 445 g/mol. The molecule has 0 saturated carbocycles. The van der Waals surface area contributed by atoms with E-state index in [2.05, 4.69) is 10.3 Å². The lowest BCUT2D eigenvalue weighted by Crippen LogP contribution is -2.30. The molecule has 7 nitrogen and oxygen atoms in total. The number of nitrogens with one attached hydrogen (secondary N) is 1. The average molecular weight is 470 g/mol. The van der Waals surface area contributed by atoms with Crippen LogP contribution < -0.4 is 14.8 Å². The fraction of sp³-hybridized carbons (Fsp3) is 0.292. The van der Waals surface area contributed by atoms with Crippen molar-refractivity contribution >= 4 is 28.3 Å². The van der Waals surface area contributed by atoms with Crippen molar-refractivity contribution in [2.24, 2.45) is 5.92 Å². The van der Waals surface area contributed by atoms with E-state index in [1.807, 2.05) is 18.2 Å². The van der Waals surface area contributed by atoms with Crippen molar-refractivity contribution in [3.05, 3.63) is 59.2 Å². The molecule has 1 saturated heterocycles. The van der Waals surface area contributed by atoms with Gasteiger partial charge in [0.25, 0.3) is 0 Å². The number of anilines is 1. The molecule has 1 fully saturated rings. The number of thiazole rings is 1. The Kier molecular flexibility index (Phi) is 6.88. The molecule has 1 aliphatic heterocycles. The van der Waals surface area contributed by atoms with Crippen LogP contribution in [0.1, 0.15) is 12.0 Å². The van der Waals surface area contributed by atoms with Gasteiger partial charge in [-0.2, -0.15) is 0 Å². The van der Waals surface area contributed by atoms with Crippen molar-refractivity contribution in [1.82, 2.24) is 9.88 Å². The Labute approximate surface area is 195 Å². The first-order chi connectivity index (χ1) is 16.0. The number of carbonyl (C=O) groups is 2. The van der Waals surface area contributed by atoms with Crippen molar-refractivity contribution in [3.8, 4) is 22.8 Å². The second kappa shape index (κ2) is 9.99. The number of rotatable bonds is 8. The Morgan fingerprint density at radius 1 is 1.18 bits per heavy atom. The molecular formula is C24H24FN3O4S. The summed E-state index contributed by atoms with van der Waals surface area (Å²) in [7, 11) is 3.17. The molecule has 2 amide bonds. The van der Waals surface area contributed by atoms with Crippen LogP contribution in [0.3, 0.4) is 0 Å². The molecule has 33 heavy (non-hydrogen) atoms. The lowest BCUT2D eigenvalue weighted by atomic mass is 10.1.